The second-order valence-corrected chi connectivity index (χ2v) is 2.59. The Balaban J connectivity index is 2.75. The summed E-state index contributed by atoms with van der Waals surface area (Å²) in [6.45, 7) is 0. The van der Waals surface area contributed by atoms with Crippen molar-refractivity contribution in [2.75, 3.05) is 0 Å². The number of carboxylic acid groups (broad SMARTS) is 1. The minimum Gasteiger partial charge on any atom is -0.516 e. The third-order valence-corrected chi connectivity index (χ3v) is 1.66. The first-order chi connectivity index (χ1) is 6.24. The van der Waals surface area contributed by atoms with Crippen LogP contribution in [0.3, 0.4) is 0 Å². The Hall–Kier alpha value is -1.77. The highest BCUT2D eigenvalue weighted by atomic mass is 16.4. The molecule has 0 spiro atoms. The van der Waals surface area contributed by atoms with Crippen LogP contribution in [0.25, 0.3) is 0 Å². The fraction of sp³-hybridized carbons (Fsp3) is 0.100. The van der Waals surface area contributed by atoms with Crippen molar-refractivity contribution in [2.24, 2.45) is 0 Å². The van der Waals surface area contributed by atoms with Gasteiger partial charge in [0.15, 0.2) is 0 Å². The molecule has 3 nitrogen and oxygen atoms in total. The normalized spacial score (nSPS) is 10.5. The van der Waals surface area contributed by atoms with Gasteiger partial charge in [-0.3, -0.25) is 0 Å². The lowest BCUT2D eigenvalue weighted by atomic mass is 10.1. The Morgan fingerprint density at radius 2 is 1.92 bits per heavy atom. The number of aromatic carboxylic acids is 1. The summed E-state index contributed by atoms with van der Waals surface area (Å²) in [5, 5.41) is 17.0. The molecule has 0 fully saturated rings. The number of allylic oxidation sites excluding steroid dienone is 1. The first-order valence-corrected chi connectivity index (χ1v) is 3.85. The van der Waals surface area contributed by atoms with Crippen LogP contribution >= 0.6 is 0 Å². The van der Waals surface area contributed by atoms with Crippen molar-refractivity contribution < 1.29 is 15.0 Å². The molecular weight excluding hydrogens is 168 g/mol. The zero-order valence-corrected chi connectivity index (χ0v) is 6.97. The number of benzene rings is 1. The van der Waals surface area contributed by atoms with Gasteiger partial charge in [-0.1, -0.05) is 12.1 Å². The zero-order valence-electron chi connectivity index (χ0n) is 6.97. The molecule has 0 atom stereocenters. The fourth-order valence-electron chi connectivity index (χ4n) is 0.972. The monoisotopic (exact) mass is 178 g/mol. The highest BCUT2D eigenvalue weighted by Gasteiger charge is 2.00. The summed E-state index contributed by atoms with van der Waals surface area (Å²) in [6, 6.07) is 6.54. The number of carbonyl (C=O) groups is 1. The summed E-state index contributed by atoms with van der Waals surface area (Å²) in [6.07, 6.45) is 3.18. The lowest BCUT2D eigenvalue weighted by molar-refractivity contribution is 0.0697. The van der Waals surface area contributed by atoms with E-state index in [2.05, 4.69) is 0 Å². The van der Waals surface area contributed by atoms with Crippen LogP contribution in [0, 0.1) is 0 Å². The van der Waals surface area contributed by atoms with Crippen molar-refractivity contribution in [2.45, 2.75) is 6.42 Å². The third kappa shape index (κ3) is 2.63. The molecule has 3 heteroatoms. The molecule has 0 aliphatic heterocycles. The molecule has 0 bridgehead atoms. The zero-order chi connectivity index (χ0) is 9.68. The van der Waals surface area contributed by atoms with Crippen LogP contribution in [0.15, 0.2) is 36.6 Å². The molecule has 1 aromatic rings. The molecule has 0 radical (unpaired) electrons. The summed E-state index contributed by atoms with van der Waals surface area (Å²) in [7, 11) is 0. The molecule has 0 saturated carbocycles. The predicted molar refractivity (Wildman–Crippen MR) is 48.9 cm³/mol. The minimum atomic E-state index is -0.927. The predicted octanol–water partition coefficient (Wildman–Crippen LogP) is 2.00. The minimum absolute atomic E-state index is 0.275. The maximum atomic E-state index is 10.5. The topological polar surface area (TPSA) is 57.5 Å². The van der Waals surface area contributed by atoms with Crippen molar-refractivity contribution in [3.8, 4) is 0 Å². The van der Waals surface area contributed by atoms with Crippen molar-refractivity contribution in [1.29, 1.82) is 0 Å². The second-order valence-electron chi connectivity index (χ2n) is 2.59. The molecule has 0 aromatic heterocycles. The van der Waals surface area contributed by atoms with E-state index in [9.17, 15) is 4.79 Å². The molecule has 13 heavy (non-hydrogen) atoms. The molecule has 0 saturated heterocycles. The average Bonchev–Trinajstić information content (AvgIpc) is 2.15. The smallest absolute Gasteiger partial charge is 0.335 e. The summed E-state index contributed by atoms with van der Waals surface area (Å²) in [5.41, 5.74) is 1.24. The third-order valence-electron chi connectivity index (χ3n) is 1.66. The lowest BCUT2D eigenvalue weighted by Crippen LogP contribution is -1.95. The molecule has 2 N–H and O–H groups in total. The van der Waals surface area contributed by atoms with Crippen LogP contribution in [-0.2, 0) is 6.42 Å². The molecule has 0 aliphatic rings. The fourth-order valence-corrected chi connectivity index (χ4v) is 0.972. The molecule has 0 aliphatic carbocycles. The van der Waals surface area contributed by atoms with E-state index in [0.29, 0.717) is 6.42 Å². The highest BCUT2D eigenvalue weighted by Crippen LogP contribution is 2.05. The number of aliphatic hydroxyl groups is 1. The first kappa shape index (κ1) is 9.32. The molecule has 0 heterocycles. The molecule has 68 valence electrons. The van der Waals surface area contributed by atoms with Gasteiger partial charge in [0.25, 0.3) is 0 Å². The van der Waals surface area contributed by atoms with Gasteiger partial charge in [0.2, 0.25) is 0 Å². The second kappa shape index (κ2) is 4.30. The Kier molecular flexibility index (Phi) is 3.09. The number of hydrogen-bond acceptors (Lipinski definition) is 2. The van der Waals surface area contributed by atoms with E-state index >= 15 is 0 Å². The van der Waals surface area contributed by atoms with Crippen LogP contribution in [0.5, 0.6) is 0 Å². The van der Waals surface area contributed by atoms with Crippen molar-refractivity contribution >= 4 is 5.97 Å². The van der Waals surface area contributed by atoms with E-state index in [1.165, 1.54) is 0 Å². The van der Waals surface area contributed by atoms with Crippen molar-refractivity contribution in [3.05, 3.63) is 47.7 Å². The molecule has 1 rings (SSSR count). The summed E-state index contributed by atoms with van der Waals surface area (Å²) >= 11 is 0. The van der Waals surface area contributed by atoms with Crippen LogP contribution in [-0.4, -0.2) is 16.2 Å². The molecular formula is C10H10O3. The van der Waals surface area contributed by atoms with Crippen LogP contribution in [0.2, 0.25) is 0 Å². The number of aliphatic hydroxyl groups excluding tert-OH is 1. The van der Waals surface area contributed by atoms with E-state index in [-0.39, 0.29) is 5.56 Å². The lowest BCUT2D eigenvalue weighted by Gasteiger charge is -1.97. The van der Waals surface area contributed by atoms with Crippen LogP contribution in [0.1, 0.15) is 15.9 Å². The van der Waals surface area contributed by atoms with Gasteiger partial charge < -0.3 is 10.2 Å². The number of hydrogen-bond donors (Lipinski definition) is 2. The first-order valence-electron chi connectivity index (χ1n) is 3.85. The summed E-state index contributed by atoms with van der Waals surface area (Å²) in [5.74, 6) is -0.927. The number of carboxylic acids is 1. The van der Waals surface area contributed by atoms with Gasteiger partial charge >= 0.3 is 5.97 Å². The highest BCUT2D eigenvalue weighted by molar-refractivity contribution is 5.87. The summed E-state index contributed by atoms with van der Waals surface area (Å²) in [4.78, 5) is 10.5. The maximum Gasteiger partial charge on any atom is 0.335 e. The molecule has 1 aromatic carbocycles. The number of rotatable bonds is 3. The van der Waals surface area contributed by atoms with Gasteiger partial charge in [-0.15, -0.1) is 0 Å². The maximum absolute atomic E-state index is 10.5. The largest absolute Gasteiger partial charge is 0.516 e. The Morgan fingerprint density at radius 1 is 1.31 bits per heavy atom. The van der Waals surface area contributed by atoms with Gasteiger partial charge in [0.1, 0.15) is 0 Å². The Bertz CT molecular complexity index is 311. The van der Waals surface area contributed by atoms with Crippen molar-refractivity contribution in [1.82, 2.24) is 0 Å². The van der Waals surface area contributed by atoms with E-state index in [1.54, 1.807) is 30.3 Å². The van der Waals surface area contributed by atoms with E-state index in [1.807, 2.05) is 0 Å². The van der Waals surface area contributed by atoms with Gasteiger partial charge in [-0.2, -0.15) is 0 Å². The van der Waals surface area contributed by atoms with Crippen LogP contribution < -0.4 is 0 Å². The standard InChI is InChI=1S/C10H10O3/c11-7-1-2-8-3-5-9(6-4-8)10(12)13/h1,3-7,11H,2H2,(H,12,13). The van der Waals surface area contributed by atoms with Gasteiger partial charge in [0, 0.05) is 0 Å². The van der Waals surface area contributed by atoms with Gasteiger partial charge in [-0.05, 0) is 30.2 Å². The Morgan fingerprint density at radius 3 is 2.38 bits per heavy atom. The molecule has 0 amide bonds. The van der Waals surface area contributed by atoms with E-state index in [4.69, 9.17) is 10.2 Å². The molecule has 0 unspecified atom stereocenters. The van der Waals surface area contributed by atoms with E-state index < -0.39 is 5.97 Å². The Labute approximate surface area is 76.0 Å². The van der Waals surface area contributed by atoms with Gasteiger partial charge in [0.05, 0.1) is 11.8 Å². The van der Waals surface area contributed by atoms with Crippen LogP contribution in [0.4, 0.5) is 0 Å². The SMILES string of the molecule is O=C(O)c1ccc(CC=CO)cc1. The average molecular weight is 178 g/mol. The quantitative estimate of drug-likeness (QED) is 0.696. The summed E-state index contributed by atoms with van der Waals surface area (Å²) < 4.78 is 0. The van der Waals surface area contributed by atoms with Gasteiger partial charge in [-0.25, -0.2) is 4.79 Å². The van der Waals surface area contributed by atoms with E-state index in [0.717, 1.165) is 11.8 Å². The van der Waals surface area contributed by atoms with Crippen molar-refractivity contribution in [3.63, 3.8) is 0 Å².